The zero-order valence-corrected chi connectivity index (χ0v) is 18.9. The van der Waals surface area contributed by atoms with Crippen molar-refractivity contribution in [3.63, 3.8) is 0 Å². The van der Waals surface area contributed by atoms with Crippen LogP contribution in [-0.2, 0) is 4.79 Å². The summed E-state index contributed by atoms with van der Waals surface area (Å²) in [6.45, 7) is 1.65. The molecule has 0 bridgehead atoms. The maximum atomic E-state index is 11.2. The van der Waals surface area contributed by atoms with E-state index in [1.54, 1.807) is 13.3 Å². The van der Waals surface area contributed by atoms with Crippen molar-refractivity contribution in [1.29, 1.82) is 0 Å². The molecule has 1 amide bonds. The molecule has 3 N–H and O–H groups in total. The minimum Gasteiger partial charge on any atom is -0.495 e. The number of imidazole rings is 1. The van der Waals surface area contributed by atoms with Gasteiger partial charge in [-0.25, -0.2) is 15.0 Å². The number of methoxy groups -OCH3 is 1. The first-order valence-corrected chi connectivity index (χ1v) is 10.6. The number of hydrogen-bond acceptors (Lipinski definition) is 7. The normalized spacial score (nSPS) is 11.9. The monoisotopic (exact) mass is 466 g/mol. The van der Waals surface area contributed by atoms with E-state index in [-0.39, 0.29) is 18.4 Å². The lowest BCUT2D eigenvalue weighted by Gasteiger charge is -2.18. The largest absolute Gasteiger partial charge is 0.495 e. The summed E-state index contributed by atoms with van der Waals surface area (Å²) in [5.74, 6) is 0.470. The summed E-state index contributed by atoms with van der Waals surface area (Å²) in [4.78, 5) is 24.5. The van der Waals surface area contributed by atoms with Crippen molar-refractivity contribution in [1.82, 2.24) is 24.7 Å². The number of halogens is 1. The van der Waals surface area contributed by atoms with Crippen molar-refractivity contribution in [2.45, 2.75) is 12.8 Å². The lowest BCUT2D eigenvalue weighted by atomic mass is 9.99. The van der Waals surface area contributed by atoms with E-state index in [1.807, 2.05) is 47.0 Å². The number of amides is 1. The first kappa shape index (κ1) is 22.5. The highest BCUT2D eigenvalue weighted by Crippen LogP contribution is 2.32. The second-order valence-corrected chi connectivity index (χ2v) is 7.77. The van der Waals surface area contributed by atoms with Gasteiger partial charge in [0.05, 0.1) is 42.5 Å². The molecule has 3 heterocycles. The second kappa shape index (κ2) is 9.85. The highest BCUT2D eigenvalue weighted by atomic mass is 35.5. The quantitative estimate of drug-likeness (QED) is 0.364. The molecule has 170 valence electrons. The summed E-state index contributed by atoms with van der Waals surface area (Å²) in [5, 5.41) is 16.0. The Hall–Kier alpha value is -3.69. The Morgan fingerprint density at radius 1 is 1.24 bits per heavy atom. The number of carbonyl (C=O) groups excluding carboxylic acids is 1. The van der Waals surface area contributed by atoms with Crippen LogP contribution < -0.4 is 15.4 Å². The van der Waals surface area contributed by atoms with Crippen molar-refractivity contribution >= 4 is 34.8 Å². The fourth-order valence-electron chi connectivity index (χ4n) is 3.45. The summed E-state index contributed by atoms with van der Waals surface area (Å²) in [6, 6.07) is 11.2. The molecule has 10 heteroatoms. The van der Waals surface area contributed by atoms with Crippen LogP contribution in [0.1, 0.15) is 18.4 Å². The molecule has 4 aromatic rings. The van der Waals surface area contributed by atoms with Crippen molar-refractivity contribution in [3.05, 3.63) is 65.6 Å². The van der Waals surface area contributed by atoms with Crippen LogP contribution >= 0.6 is 11.6 Å². The molecule has 0 radical (unpaired) electrons. The number of rotatable bonds is 8. The third kappa shape index (κ3) is 4.89. The average molecular weight is 467 g/mol. The number of benzene rings is 1. The molecule has 4 rings (SSSR count). The number of carbonyl (C=O) groups is 1. The highest BCUT2D eigenvalue weighted by molar-refractivity contribution is 6.32. The van der Waals surface area contributed by atoms with Crippen molar-refractivity contribution in [2.75, 3.05) is 25.6 Å². The van der Waals surface area contributed by atoms with Crippen molar-refractivity contribution in [2.24, 2.45) is 0 Å². The van der Waals surface area contributed by atoms with Crippen molar-refractivity contribution < 1.29 is 14.6 Å². The van der Waals surface area contributed by atoms with Gasteiger partial charge in [0.1, 0.15) is 17.1 Å². The summed E-state index contributed by atoms with van der Waals surface area (Å²) in [6.07, 6.45) is 5.14. The Morgan fingerprint density at radius 3 is 2.85 bits per heavy atom. The van der Waals surface area contributed by atoms with Crippen LogP contribution in [0, 0.1) is 0 Å². The Kier molecular flexibility index (Phi) is 6.71. The third-order valence-corrected chi connectivity index (χ3v) is 5.44. The number of hydrogen-bond donors (Lipinski definition) is 3. The summed E-state index contributed by atoms with van der Waals surface area (Å²) in [5.41, 5.74) is 3.54. The van der Waals surface area contributed by atoms with Gasteiger partial charge in [-0.05, 0) is 29.8 Å². The summed E-state index contributed by atoms with van der Waals surface area (Å²) >= 11 is 6.40. The number of nitrogens with zero attached hydrogens (tertiary/aromatic N) is 4. The van der Waals surface area contributed by atoms with E-state index in [2.05, 4.69) is 25.6 Å². The number of aliphatic hydroxyl groups is 1. The van der Waals surface area contributed by atoms with Gasteiger partial charge < -0.3 is 20.5 Å². The van der Waals surface area contributed by atoms with E-state index in [0.717, 1.165) is 16.9 Å². The van der Waals surface area contributed by atoms with Gasteiger partial charge in [0, 0.05) is 25.6 Å². The van der Waals surface area contributed by atoms with Gasteiger partial charge in [-0.2, -0.15) is 0 Å². The molecule has 3 aromatic heterocycles. The van der Waals surface area contributed by atoms with Crippen LogP contribution in [0.4, 0.5) is 11.6 Å². The number of nitrogens with one attached hydrogen (secondary N) is 2. The minimum atomic E-state index is -0.259. The average Bonchev–Trinajstić information content (AvgIpc) is 3.25. The van der Waals surface area contributed by atoms with Crippen LogP contribution in [0.15, 0.2) is 55.0 Å². The smallest absolute Gasteiger partial charge is 0.227 e. The molecule has 1 unspecified atom stereocenters. The van der Waals surface area contributed by atoms with Crippen LogP contribution in [-0.4, -0.2) is 50.6 Å². The SMILES string of the molecule is COc1cc(C(CO)CNC(C)=O)ccc1Nc1ncc(Cl)c(-c2cnc3ccccn23)n1. The number of anilines is 2. The molecule has 9 nitrogen and oxygen atoms in total. The molecule has 0 saturated heterocycles. The van der Waals surface area contributed by atoms with Crippen LogP contribution in [0.3, 0.4) is 0 Å². The van der Waals surface area contributed by atoms with Gasteiger partial charge >= 0.3 is 0 Å². The van der Waals surface area contributed by atoms with E-state index < -0.39 is 0 Å². The highest BCUT2D eigenvalue weighted by Gasteiger charge is 2.16. The zero-order valence-electron chi connectivity index (χ0n) is 18.1. The number of fused-ring (bicyclic) bond motifs is 1. The number of aromatic nitrogens is 4. The molecule has 0 aliphatic rings. The standard InChI is InChI=1S/C23H23ClN6O3/c1-14(32)25-10-16(13-31)15-6-7-18(20(9-15)33-2)28-23-27-11-17(24)22(29-23)19-12-26-21-5-3-4-8-30(19)21/h3-9,11-12,16,31H,10,13H2,1-2H3,(H,25,32)(H,27,28,29). The van der Waals surface area contributed by atoms with E-state index >= 15 is 0 Å². The molecule has 1 atom stereocenters. The maximum absolute atomic E-state index is 11.2. The van der Waals surface area contributed by atoms with Crippen molar-refractivity contribution in [3.8, 4) is 17.1 Å². The van der Waals surface area contributed by atoms with E-state index in [9.17, 15) is 9.90 Å². The number of pyridine rings is 1. The Balaban J connectivity index is 1.62. The van der Waals surface area contributed by atoms with Gasteiger partial charge in [-0.1, -0.05) is 23.7 Å². The molecule has 0 aliphatic carbocycles. The predicted octanol–water partition coefficient (Wildman–Crippen LogP) is 3.41. The molecule has 33 heavy (non-hydrogen) atoms. The van der Waals surface area contributed by atoms with E-state index in [0.29, 0.717) is 34.6 Å². The van der Waals surface area contributed by atoms with Gasteiger partial charge in [0.2, 0.25) is 11.9 Å². The Bertz CT molecular complexity index is 1290. The zero-order chi connectivity index (χ0) is 23.4. The van der Waals surface area contributed by atoms with Gasteiger partial charge in [-0.15, -0.1) is 0 Å². The summed E-state index contributed by atoms with van der Waals surface area (Å²) < 4.78 is 7.44. The summed E-state index contributed by atoms with van der Waals surface area (Å²) in [7, 11) is 1.55. The molecule has 0 aliphatic heterocycles. The molecule has 0 fully saturated rings. The van der Waals surface area contributed by atoms with Crippen LogP contribution in [0.25, 0.3) is 17.0 Å². The van der Waals surface area contributed by atoms with Gasteiger partial charge in [0.25, 0.3) is 0 Å². The first-order chi connectivity index (χ1) is 16.0. The van der Waals surface area contributed by atoms with E-state index in [4.69, 9.17) is 16.3 Å². The third-order valence-electron chi connectivity index (χ3n) is 5.16. The molecule has 0 saturated carbocycles. The molecular weight excluding hydrogens is 444 g/mol. The predicted molar refractivity (Wildman–Crippen MR) is 126 cm³/mol. The van der Waals surface area contributed by atoms with Gasteiger partial charge in [-0.3, -0.25) is 9.20 Å². The topological polar surface area (TPSA) is 114 Å². The Labute approximate surface area is 195 Å². The molecule has 1 aromatic carbocycles. The fourth-order valence-corrected chi connectivity index (χ4v) is 3.64. The number of ether oxygens (including phenoxy) is 1. The van der Waals surface area contributed by atoms with E-state index in [1.165, 1.54) is 13.1 Å². The fraction of sp³-hybridized carbons (Fsp3) is 0.217. The first-order valence-electron chi connectivity index (χ1n) is 10.3. The Morgan fingerprint density at radius 2 is 2.09 bits per heavy atom. The van der Waals surface area contributed by atoms with Crippen LogP contribution in [0.2, 0.25) is 5.02 Å². The molecule has 0 spiro atoms. The van der Waals surface area contributed by atoms with Crippen LogP contribution in [0.5, 0.6) is 5.75 Å². The van der Waals surface area contributed by atoms with Gasteiger partial charge in [0.15, 0.2) is 0 Å². The minimum absolute atomic E-state index is 0.112. The lowest BCUT2D eigenvalue weighted by molar-refractivity contribution is -0.119. The molecular formula is C23H23ClN6O3. The maximum Gasteiger partial charge on any atom is 0.227 e. The lowest BCUT2D eigenvalue weighted by Crippen LogP contribution is -2.27. The number of aliphatic hydroxyl groups excluding tert-OH is 1. The second-order valence-electron chi connectivity index (χ2n) is 7.36.